The van der Waals surface area contributed by atoms with E-state index >= 15 is 0 Å². The molecule has 0 aromatic heterocycles. The fraction of sp³-hybridized carbons (Fsp3) is 0.862. The zero-order valence-electron chi connectivity index (χ0n) is 20.7. The summed E-state index contributed by atoms with van der Waals surface area (Å²) >= 11 is 0. The van der Waals surface area contributed by atoms with Crippen molar-refractivity contribution in [1.29, 1.82) is 0 Å². The highest BCUT2D eigenvalue weighted by Crippen LogP contribution is 2.66. The number of aliphatic hydroxyl groups excluding tert-OH is 1. The largest absolute Gasteiger partial charge is 0.393 e. The molecule has 1 heteroatoms. The molecular formula is C29H48O. The molecule has 4 aliphatic carbocycles. The van der Waals surface area contributed by atoms with Gasteiger partial charge in [0.05, 0.1) is 6.10 Å². The second-order valence-corrected chi connectivity index (χ2v) is 12.5. The first-order valence-electron chi connectivity index (χ1n) is 13.3. The normalized spacial score (nSPS) is 45.6. The van der Waals surface area contributed by atoms with Crippen molar-refractivity contribution in [2.45, 2.75) is 105 Å². The summed E-state index contributed by atoms with van der Waals surface area (Å²) in [6.45, 7) is 14.8. The zero-order valence-corrected chi connectivity index (χ0v) is 20.7. The van der Waals surface area contributed by atoms with Gasteiger partial charge in [0.15, 0.2) is 0 Å². The maximum Gasteiger partial charge on any atom is 0.0543 e. The Kier molecular flexibility index (Phi) is 6.35. The van der Waals surface area contributed by atoms with Crippen molar-refractivity contribution in [3.8, 4) is 0 Å². The van der Waals surface area contributed by atoms with Crippen LogP contribution in [0.4, 0.5) is 0 Å². The molecule has 4 unspecified atom stereocenters. The summed E-state index contributed by atoms with van der Waals surface area (Å²) in [5.41, 5.74) is 2.79. The van der Waals surface area contributed by atoms with Crippen molar-refractivity contribution in [1.82, 2.24) is 0 Å². The lowest BCUT2D eigenvalue weighted by Crippen LogP contribution is -2.49. The van der Waals surface area contributed by atoms with E-state index in [1.54, 1.807) is 0 Å². The standard InChI is InChI=1S/C29H48O/c1-7-21(19(2)3)9-8-20(4)25-12-13-26-24-11-10-22-18-23(30)14-16-28(22,5)27(24)15-17-29(25,26)6/h8-9,11,19-23,25-27,30H,7,10,12-18H2,1-6H3/b9-8+/t20-,21-,22?,23+,25?,26?,27?,28+,29-/m1/s1. The summed E-state index contributed by atoms with van der Waals surface area (Å²) < 4.78 is 0. The van der Waals surface area contributed by atoms with E-state index in [1.165, 1.54) is 44.9 Å². The van der Waals surface area contributed by atoms with E-state index in [2.05, 4.69) is 59.8 Å². The Morgan fingerprint density at radius 1 is 1.00 bits per heavy atom. The minimum Gasteiger partial charge on any atom is -0.393 e. The molecule has 4 aliphatic rings. The lowest BCUT2D eigenvalue weighted by molar-refractivity contribution is -0.0414. The molecule has 0 saturated heterocycles. The topological polar surface area (TPSA) is 20.2 Å². The maximum atomic E-state index is 10.3. The Bertz CT molecular complexity index is 674. The molecule has 0 radical (unpaired) electrons. The highest BCUT2D eigenvalue weighted by molar-refractivity contribution is 5.28. The molecule has 0 spiro atoms. The van der Waals surface area contributed by atoms with Gasteiger partial charge in [-0.25, -0.2) is 0 Å². The molecule has 30 heavy (non-hydrogen) atoms. The Labute approximate surface area is 186 Å². The van der Waals surface area contributed by atoms with Crippen molar-refractivity contribution < 1.29 is 5.11 Å². The Hall–Kier alpha value is -0.560. The van der Waals surface area contributed by atoms with Crippen LogP contribution in [-0.2, 0) is 0 Å². The highest BCUT2D eigenvalue weighted by atomic mass is 16.3. The van der Waals surface area contributed by atoms with Gasteiger partial charge in [-0.1, -0.05) is 65.3 Å². The number of hydrogen-bond acceptors (Lipinski definition) is 1. The van der Waals surface area contributed by atoms with Gasteiger partial charge in [0.25, 0.3) is 0 Å². The molecule has 1 N–H and O–H groups in total. The molecule has 3 fully saturated rings. The van der Waals surface area contributed by atoms with Crippen LogP contribution in [0, 0.1) is 52.3 Å². The molecule has 4 rings (SSSR count). The summed E-state index contributed by atoms with van der Waals surface area (Å²) in [6, 6.07) is 0. The lowest BCUT2D eigenvalue weighted by Gasteiger charge is -2.57. The fourth-order valence-electron chi connectivity index (χ4n) is 8.68. The van der Waals surface area contributed by atoms with Gasteiger partial charge in [0.1, 0.15) is 0 Å². The van der Waals surface area contributed by atoms with Crippen LogP contribution in [0.5, 0.6) is 0 Å². The maximum absolute atomic E-state index is 10.3. The Balaban J connectivity index is 1.53. The SMILES string of the molecule is CC[C@H](/C=C/[C@@H](C)C1CCC2C3=CCC4C[C@@H](O)CC[C@]4(C)C3CC[C@@]21C)C(C)C. The van der Waals surface area contributed by atoms with Gasteiger partial charge >= 0.3 is 0 Å². The number of fused-ring (bicyclic) bond motifs is 5. The first kappa shape index (κ1) is 22.6. The molecule has 0 amide bonds. The molecule has 0 aliphatic heterocycles. The number of aliphatic hydroxyl groups is 1. The van der Waals surface area contributed by atoms with E-state index in [-0.39, 0.29) is 6.10 Å². The Morgan fingerprint density at radius 2 is 1.70 bits per heavy atom. The summed E-state index contributed by atoms with van der Waals surface area (Å²) in [6.07, 6.45) is 19.2. The third kappa shape index (κ3) is 3.66. The smallest absolute Gasteiger partial charge is 0.0543 e. The molecule has 9 atom stereocenters. The summed E-state index contributed by atoms with van der Waals surface area (Å²) in [4.78, 5) is 0. The third-order valence-corrected chi connectivity index (χ3v) is 10.7. The van der Waals surface area contributed by atoms with Crippen molar-refractivity contribution in [3.63, 3.8) is 0 Å². The second kappa shape index (κ2) is 8.42. The molecule has 0 heterocycles. The van der Waals surface area contributed by atoms with Crippen LogP contribution in [0.1, 0.15) is 99.3 Å². The minimum atomic E-state index is -0.0480. The fourth-order valence-corrected chi connectivity index (χ4v) is 8.68. The van der Waals surface area contributed by atoms with Gasteiger partial charge in [-0.2, -0.15) is 0 Å². The van der Waals surface area contributed by atoms with Crippen molar-refractivity contribution in [2.75, 3.05) is 0 Å². The molecule has 170 valence electrons. The van der Waals surface area contributed by atoms with Gasteiger partial charge in [0.2, 0.25) is 0 Å². The summed E-state index contributed by atoms with van der Waals surface area (Å²) in [5, 5.41) is 10.3. The zero-order chi connectivity index (χ0) is 21.7. The van der Waals surface area contributed by atoms with Gasteiger partial charge in [-0.15, -0.1) is 0 Å². The van der Waals surface area contributed by atoms with Crippen molar-refractivity contribution in [2.24, 2.45) is 52.3 Å². The first-order valence-corrected chi connectivity index (χ1v) is 13.3. The average molecular weight is 413 g/mol. The molecule has 0 bridgehead atoms. The first-order chi connectivity index (χ1) is 14.2. The van der Waals surface area contributed by atoms with Crippen molar-refractivity contribution >= 4 is 0 Å². The van der Waals surface area contributed by atoms with Crippen LogP contribution in [0.2, 0.25) is 0 Å². The monoisotopic (exact) mass is 412 g/mol. The van der Waals surface area contributed by atoms with Gasteiger partial charge < -0.3 is 5.11 Å². The van der Waals surface area contributed by atoms with Crippen LogP contribution < -0.4 is 0 Å². The van der Waals surface area contributed by atoms with Gasteiger partial charge in [-0.3, -0.25) is 0 Å². The van der Waals surface area contributed by atoms with Crippen LogP contribution in [0.3, 0.4) is 0 Å². The third-order valence-electron chi connectivity index (χ3n) is 10.7. The quantitative estimate of drug-likeness (QED) is 0.457. The molecule has 3 saturated carbocycles. The molecule has 1 nitrogen and oxygen atoms in total. The molecular weight excluding hydrogens is 364 g/mol. The van der Waals surface area contributed by atoms with Gasteiger partial charge in [-0.05, 0) is 110 Å². The van der Waals surface area contributed by atoms with Crippen molar-refractivity contribution in [3.05, 3.63) is 23.8 Å². The number of allylic oxidation sites excluding steroid dienone is 4. The molecule has 0 aromatic rings. The van der Waals surface area contributed by atoms with E-state index < -0.39 is 0 Å². The summed E-state index contributed by atoms with van der Waals surface area (Å²) in [7, 11) is 0. The highest BCUT2D eigenvalue weighted by Gasteiger charge is 2.57. The van der Waals surface area contributed by atoms with Crippen LogP contribution in [-0.4, -0.2) is 11.2 Å². The van der Waals surface area contributed by atoms with Crippen LogP contribution in [0.15, 0.2) is 23.8 Å². The van der Waals surface area contributed by atoms with Gasteiger partial charge in [0, 0.05) is 0 Å². The predicted octanol–water partition coefficient (Wildman–Crippen LogP) is 7.80. The number of hydrogen-bond donors (Lipinski definition) is 1. The number of rotatable bonds is 5. The summed E-state index contributed by atoms with van der Waals surface area (Å²) in [5.74, 6) is 5.32. The van der Waals surface area contributed by atoms with Crippen LogP contribution >= 0.6 is 0 Å². The predicted molar refractivity (Wildman–Crippen MR) is 128 cm³/mol. The van der Waals surface area contributed by atoms with E-state index in [4.69, 9.17) is 0 Å². The van der Waals surface area contributed by atoms with E-state index in [9.17, 15) is 5.11 Å². The van der Waals surface area contributed by atoms with Crippen LogP contribution in [0.25, 0.3) is 0 Å². The minimum absolute atomic E-state index is 0.0480. The van der Waals surface area contributed by atoms with E-state index in [0.29, 0.717) is 22.7 Å². The van der Waals surface area contributed by atoms with E-state index in [1.807, 2.05) is 5.57 Å². The second-order valence-electron chi connectivity index (χ2n) is 12.5. The van der Waals surface area contributed by atoms with E-state index in [0.717, 1.165) is 42.4 Å². The Morgan fingerprint density at radius 3 is 2.40 bits per heavy atom. The molecule has 0 aromatic carbocycles. The average Bonchev–Trinajstić information content (AvgIpc) is 3.06. The lowest BCUT2D eigenvalue weighted by atomic mass is 9.47.